The van der Waals surface area contributed by atoms with Gasteiger partial charge in [0.2, 0.25) is 0 Å². The number of carbonyl (C=O) groups excluding carboxylic acids is 1. The Morgan fingerprint density at radius 2 is 1.70 bits per heavy atom. The van der Waals surface area contributed by atoms with Crippen LogP contribution in [0.4, 0.5) is 0 Å². The lowest BCUT2D eigenvalue weighted by atomic mass is 10.0. The average Bonchev–Trinajstić information content (AvgIpc) is 2.21. The maximum Gasteiger partial charge on any atom is 0.133 e. The zero-order valence-corrected chi connectivity index (χ0v) is 6.47. The lowest BCUT2D eigenvalue weighted by Gasteiger charge is -2.03. The van der Waals surface area contributed by atoms with E-state index in [1.165, 1.54) is 12.8 Å². The zero-order valence-electron chi connectivity index (χ0n) is 6.47. The Morgan fingerprint density at radius 1 is 1.20 bits per heavy atom. The molecule has 0 aromatic carbocycles. The average molecular weight is 138 g/mol. The second-order valence-electron chi connectivity index (χ2n) is 4.04. The van der Waals surface area contributed by atoms with Crippen molar-refractivity contribution in [1.29, 1.82) is 0 Å². The summed E-state index contributed by atoms with van der Waals surface area (Å²) < 4.78 is 0. The smallest absolute Gasteiger partial charge is 0.133 e. The van der Waals surface area contributed by atoms with Crippen LogP contribution in [0, 0.1) is 17.8 Å². The Bertz CT molecular complexity index is 146. The molecule has 0 spiro atoms. The number of hydrogen-bond acceptors (Lipinski definition) is 1. The highest BCUT2D eigenvalue weighted by Gasteiger charge is 2.39. The third-order valence-electron chi connectivity index (χ3n) is 3.06. The van der Waals surface area contributed by atoms with E-state index in [1.807, 2.05) is 0 Å². The fraction of sp³-hybridized carbons (Fsp3) is 0.889. The number of rotatable bonds is 0. The molecule has 2 rings (SSSR count). The fourth-order valence-electron chi connectivity index (χ4n) is 2.68. The van der Waals surface area contributed by atoms with Gasteiger partial charge in [0, 0.05) is 12.8 Å². The molecule has 0 radical (unpaired) electrons. The molecule has 0 bridgehead atoms. The normalized spacial score (nSPS) is 40.7. The first-order valence-electron chi connectivity index (χ1n) is 4.27. The van der Waals surface area contributed by atoms with E-state index >= 15 is 0 Å². The summed E-state index contributed by atoms with van der Waals surface area (Å²) >= 11 is 0. The van der Waals surface area contributed by atoms with Crippen LogP contribution in [-0.4, -0.2) is 5.78 Å². The van der Waals surface area contributed by atoms with E-state index in [-0.39, 0.29) is 0 Å². The van der Waals surface area contributed by atoms with Gasteiger partial charge in [0.05, 0.1) is 0 Å². The predicted octanol–water partition coefficient (Wildman–Crippen LogP) is 2.01. The first-order chi connectivity index (χ1) is 4.75. The van der Waals surface area contributed by atoms with E-state index < -0.39 is 0 Å². The summed E-state index contributed by atoms with van der Waals surface area (Å²) in [6.07, 6.45) is 4.43. The summed E-state index contributed by atoms with van der Waals surface area (Å²) in [4.78, 5) is 11.0. The molecule has 10 heavy (non-hydrogen) atoms. The topological polar surface area (TPSA) is 17.1 Å². The van der Waals surface area contributed by atoms with Crippen LogP contribution in [0.5, 0.6) is 0 Å². The van der Waals surface area contributed by atoms with Gasteiger partial charge in [-0.15, -0.1) is 0 Å². The lowest BCUT2D eigenvalue weighted by molar-refractivity contribution is -0.117. The van der Waals surface area contributed by atoms with Gasteiger partial charge >= 0.3 is 0 Å². The van der Waals surface area contributed by atoms with Crippen molar-refractivity contribution in [3.8, 4) is 0 Å². The van der Waals surface area contributed by atoms with Gasteiger partial charge in [0.15, 0.2) is 0 Å². The summed E-state index contributed by atoms with van der Waals surface area (Å²) in [6.45, 7) is 2.31. The molecule has 0 heterocycles. The lowest BCUT2D eigenvalue weighted by Crippen LogP contribution is -1.95. The molecular weight excluding hydrogens is 124 g/mol. The predicted molar refractivity (Wildman–Crippen MR) is 39.6 cm³/mol. The van der Waals surface area contributed by atoms with Gasteiger partial charge in [0.1, 0.15) is 5.78 Å². The maximum atomic E-state index is 11.0. The highest BCUT2D eigenvalue weighted by Crippen LogP contribution is 2.44. The third kappa shape index (κ3) is 0.882. The summed E-state index contributed by atoms with van der Waals surface area (Å²) in [5, 5.41) is 0. The van der Waals surface area contributed by atoms with Crippen molar-refractivity contribution in [3.63, 3.8) is 0 Å². The highest BCUT2D eigenvalue weighted by molar-refractivity contribution is 5.81. The standard InChI is InChI=1S/C9H14O/c1-6-2-7-4-9(10)5-8(7)3-6/h6-8H,2-5H2,1H3/t7-,8-/m1/s1. The number of fused-ring (bicyclic) bond motifs is 1. The second kappa shape index (κ2) is 2.08. The summed E-state index contributed by atoms with van der Waals surface area (Å²) in [6, 6.07) is 0. The molecule has 2 aliphatic rings. The molecule has 0 amide bonds. The Labute approximate surface area is 61.8 Å². The zero-order chi connectivity index (χ0) is 7.14. The van der Waals surface area contributed by atoms with Gasteiger partial charge in [-0.1, -0.05) is 6.92 Å². The van der Waals surface area contributed by atoms with Crippen LogP contribution in [0.2, 0.25) is 0 Å². The Hall–Kier alpha value is -0.330. The molecular formula is C9H14O. The van der Waals surface area contributed by atoms with Crippen LogP contribution in [0.1, 0.15) is 32.6 Å². The van der Waals surface area contributed by atoms with Crippen molar-refractivity contribution < 1.29 is 4.79 Å². The van der Waals surface area contributed by atoms with Crippen molar-refractivity contribution in [3.05, 3.63) is 0 Å². The number of carbonyl (C=O) groups is 1. The van der Waals surface area contributed by atoms with Gasteiger partial charge in [-0.3, -0.25) is 4.79 Å². The van der Waals surface area contributed by atoms with Gasteiger partial charge in [0.25, 0.3) is 0 Å². The molecule has 1 nitrogen and oxygen atoms in total. The number of hydrogen-bond donors (Lipinski definition) is 0. The van der Waals surface area contributed by atoms with Crippen LogP contribution < -0.4 is 0 Å². The summed E-state index contributed by atoms with van der Waals surface area (Å²) in [5.74, 6) is 2.97. The Balaban J connectivity index is 2.06. The minimum absolute atomic E-state index is 0.516. The number of ketones is 1. The number of Topliss-reactive ketones (excluding diaryl/α,β-unsaturated/α-hetero) is 1. The molecule has 1 heteroatoms. The largest absolute Gasteiger partial charge is 0.300 e. The molecule has 0 aromatic heterocycles. The minimum Gasteiger partial charge on any atom is -0.300 e. The van der Waals surface area contributed by atoms with Crippen LogP contribution in [0.15, 0.2) is 0 Å². The molecule has 0 aromatic rings. The van der Waals surface area contributed by atoms with E-state index in [9.17, 15) is 4.79 Å². The molecule has 0 aliphatic heterocycles. The molecule has 0 unspecified atom stereocenters. The van der Waals surface area contributed by atoms with Crippen molar-refractivity contribution in [2.24, 2.45) is 17.8 Å². The third-order valence-corrected chi connectivity index (χ3v) is 3.06. The van der Waals surface area contributed by atoms with Crippen molar-refractivity contribution in [1.82, 2.24) is 0 Å². The van der Waals surface area contributed by atoms with E-state index in [2.05, 4.69) is 6.92 Å². The Kier molecular flexibility index (Phi) is 1.33. The highest BCUT2D eigenvalue weighted by atomic mass is 16.1. The van der Waals surface area contributed by atoms with Crippen molar-refractivity contribution in [2.75, 3.05) is 0 Å². The molecule has 2 atom stereocenters. The fourth-order valence-corrected chi connectivity index (χ4v) is 2.68. The quantitative estimate of drug-likeness (QED) is 0.500. The summed E-state index contributed by atoms with van der Waals surface area (Å²) in [7, 11) is 0. The SMILES string of the molecule is CC1C[C@@H]2CC(=O)C[C@H]2C1. The van der Waals surface area contributed by atoms with E-state index in [1.54, 1.807) is 0 Å². The van der Waals surface area contributed by atoms with Gasteiger partial charge in [-0.2, -0.15) is 0 Å². The van der Waals surface area contributed by atoms with Crippen molar-refractivity contribution in [2.45, 2.75) is 32.6 Å². The van der Waals surface area contributed by atoms with E-state index in [4.69, 9.17) is 0 Å². The van der Waals surface area contributed by atoms with E-state index in [0.29, 0.717) is 5.78 Å². The molecule has 2 saturated carbocycles. The summed E-state index contributed by atoms with van der Waals surface area (Å²) in [5.41, 5.74) is 0. The van der Waals surface area contributed by atoms with Gasteiger partial charge < -0.3 is 0 Å². The molecule has 56 valence electrons. The Morgan fingerprint density at radius 3 is 2.20 bits per heavy atom. The maximum absolute atomic E-state index is 11.0. The van der Waals surface area contributed by atoms with Crippen LogP contribution in [0.3, 0.4) is 0 Å². The van der Waals surface area contributed by atoms with Crippen LogP contribution in [-0.2, 0) is 4.79 Å². The van der Waals surface area contributed by atoms with Gasteiger partial charge in [-0.05, 0) is 30.6 Å². The molecule has 0 saturated heterocycles. The second-order valence-corrected chi connectivity index (χ2v) is 4.04. The van der Waals surface area contributed by atoms with Gasteiger partial charge in [-0.25, -0.2) is 0 Å². The van der Waals surface area contributed by atoms with Crippen molar-refractivity contribution >= 4 is 5.78 Å². The first-order valence-corrected chi connectivity index (χ1v) is 4.27. The van der Waals surface area contributed by atoms with E-state index in [0.717, 1.165) is 30.6 Å². The molecule has 0 N–H and O–H groups in total. The minimum atomic E-state index is 0.516. The molecule has 2 aliphatic carbocycles. The molecule has 2 fully saturated rings. The van der Waals surface area contributed by atoms with Crippen LogP contribution in [0.25, 0.3) is 0 Å². The van der Waals surface area contributed by atoms with Crippen LogP contribution >= 0.6 is 0 Å². The monoisotopic (exact) mass is 138 g/mol. The first kappa shape index (κ1) is 6.38.